The minimum Gasteiger partial charge on any atom is -0.395 e. The van der Waals surface area contributed by atoms with Crippen molar-refractivity contribution in [2.75, 3.05) is 13.2 Å². The summed E-state index contributed by atoms with van der Waals surface area (Å²) in [7, 11) is 1.95. The van der Waals surface area contributed by atoms with E-state index in [0.29, 0.717) is 6.54 Å². The number of aliphatic hydroxyl groups is 2. The second kappa shape index (κ2) is 6.35. The summed E-state index contributed by atoms with van der Waals surface area (Å²) in [4.78, 5) is 4.32. The van der Waals surface area contributed by atoms with Gasteiger partial charge in [-0.2, -0.15) is 0 Å². The largest absolute Gasteiger partial charge is 0.395 e. The number of rotatable bonds is 6. The molecule has 0 saturated heterocycles. The number of nitrogens with one attached hydrogen (secondary N) is 1. The SMILES string of the molecule is CC(C)C(NCCO)C(O)c1ccc2c(c1)ncn2C. The first kappa shape index (κ1) is 15.0. The normalized spacial score (nSPS) is 14.9. The van der Waals surface area contributed by atoms with E-state index in [0.717, 1.165) is 16.6 Å². The monoisotopic (exact) mass is 277 g/mol. The first-order valence-corrected chi connectivity index (χ1v) is 6.98. The molecule has 0 fully saturated rings. The summed E-state index contributed by atoms with van der Waals surface area (Å²) in [6, 6.07) is 5.74. The zero-order valence-corrected chi connectivity index (χ0v) is 12.2. The third kappa shape index (κ3) is 3.00. The van der Waals surface area contributed by atoms with Crippen LogP contribution in [-0.2, 0) is 7.05 Å². The summed E-state index contributed by atoms with van der Waals surface area (Å²) in [5.74, 6) is 0.260. The first-order valence-electron chi connectivity index (χ1n) is 6.98. The maximum absolute atomic E-state index is 10.6. The Hall–Kier alpha value is -1.43. The molecular weight excluding hydrogens is 254 g/mol. The Morgan fingerprint density at radius 2 is 2.10 bits per heavy atom. The molecule has 1 aromatic carbocycles. The van der Waals surface area contributed by atoms with E-state index in [9.17, 15) is 5.11 Å². The van der Waals surface area contributed by atoms with E-state index in [1.807, 2.05) is 29.8 Å². The van der Waals surface area contributed by atoms with Crippen LogP contribution in [0.1, 0.15) is 25.5 Å². The summed E-state index contributed by atoms with van der Waals surface area (Å²) in [6.45, 7) is 4.65. The van der Waals surface area contributed by atoms with Gasteiger partial charge >= 0.3 is 0 Å². The molecule has 3 N–H and O–H groups in total. The fourth-order valence-corrected chi connectivity index (χ4v) is 2.49. The predicted molar refractivity (Wildman–Crippen MR) is 79.4 cm³/mol. The Bertz CT molecular complexity index is 565. The van der Waals surface area contributed by atoms with Crippen LogP contribution in [0.3, 0.4) is 0 Å². The highest BCUT2D eigenvalue weighted by molar-refractivity contribution is 5.76. The third-order valence-corrected chi connectivity index (χ3v) is 3.64. The van der Waals surface area contributed by atoms with Crippen molar-refractivity contribution in [1.29, 1.82) is 0 Å². The van der Waals surface area contributed by atoms with Crippen LogP contribution in [0, 0.1) is 5.92 Å². The molecule has 2 atom stereocenters. The number of imidazole rings is 1. The molecular formula is C15H23N3O2. The van der Waals surface area contributed by atoms with Gasteiger partial charge in [-0.15, -0.1) is 0 Å². The Labute approximate surface area is 119 Å². The summed E-state index contributed by atoms with van der Waals surface area (Å²) in [6.07, 6.45) is 1.15. The van der Waals surface area contributed by atoms with E-state index in [1.165, 1.54) is 0 Å². The second-order valence-corrected chi connectivity index (χ2v) is 5.50. The van der Waals surface area contributed by atoms with E-state index in [2.05, 4.69) is 24.1 Å². The van der Waals surface area contributed by atoms with Crippen molar-refractivity contribution >= 4 is 11.0 Å². The molecule has 1 heterocycles. The molecule has 5 heteroatoms. The van der Waals surface area contributed by atoms with Crippen LogP contribution in [0.4, 0.5) is 0 Å². The molecule has 0 amide bonds. The summed E-state index contributed by atoms with van der Waals surface area (Å²) < 4.78 is 1.95. The lowest BCUT2D eigenvalue weighted by Crippen LogP contribution is -2.40. The van der Waals surface area contributed by atoms with Crippen LogP contribution in [0.15, 0.2) is 24.5 Å². The summed E-state index contributed by atoms with van der Waals surface area (Å²) in [5, 5.41) is 22.7. The molecule has 0 saturated carbocycles. The van der Waals surface area contributed by atoms with Crippen LogP contribution in [-0.4, -0.2) is 39.0 Å². The average Bonchev–Trinajstić information content (AvgIpc) is 2.80. The fourth-order valence-electron chi connectivity index (χ4n) is 2.49. The number of aromatic nitrogens is 2. The molecule has 2 aromatic rings. The molecule has 110 valence electrons. The van der Waals surface area contributed by atoms with Crippen molar-refractivity contribution in [3.8, 4) is 0 Å². The lowest BCUT2D eigenvalue weighted by Gasteiger charge is -2.27. The summed E-state index contributed by atoms with van der Waals surface area (Å²) >= 11 is 0. The molecule has 2 rings (SSSR count). The first-order chi connectivity index (χ1) is 9.54. The Morgan fingerprint density at radius 1 is 1.35 bits per heavy atom. The number of fused-ring (bicyclic) bond motifs is 1. The van der Waals surface area contributed by atoms with Crippen molar-refractivity contribution in [2.45, 2.75) is 26.0 Å². The van der Waals surface area contributed by atoms with E-state index in [1.54, 1.807) is 6.33 Å². The maximum atomic E-state index is 10.6. The van der Waals surface area contributed by atoms with Crippen LogP contribution in [0.2, 0.25) is 0 Å². The van der Waals surface area contributed by atoms with Crippen LogP contribution in [0.25, 0.3) is 11.0 Å². The van der Waals surface area contributed by atoms with Gasteiger partial charge in [0.15, 0.2) is 0 Å². The van der Waals surface area contributed by atoms with Gasteiger partial charge in [0.2, 0.25) is 0 Å². The number of hydrogen-bond acceptors (Lipinski definition) is 4. The van der Waals surface area contributed by atoms with Gasteiger partial charge in [-0.1, -0.05) is 19.9 Å². The highest BCUT2D eigenvalue weighted by atomic mass is 16.3. The lowest BCUT2D eigenvalue weighted by atomic mass is 9.93. The lowest BCUT2D eigenvalue weighted by molar-refractivity contribution is 0.102. The predicted octanol–water partition coefficient (Wildman–Crippen LogP) is 1.21. The molecule has 0 aliphatic heterocycles. The van der Waals surface area contributed by atoms with Crippen molar-refractivity contribution in [1.82, 2.24) is 14.9 Å². The smallest absolute Gasteiger partial charge is 0.0955 e. The van der Waals surface area contributed by atoms with Crippen molar-refractivity contribution in [2.24, 2.45) is 13.0 Å². The van der Waals surface area contributed by atoms with E-state index in [4.69, 9.17) is 5.11 Å². The van der Waals surface area contributed by atoms with Gasteiger partial charge in [-0.3, -0.25) is 0 Å². The molecule has 0 radical (unpaired) electrons. The van der Waals surface area contributed by atoms with E-state index in [-0.39, 0.29) is 18.6 Å². The molecule has 0 aliphatic rings. The van der Waals surface area contributed by atoms with Gasteiger partial charge in [-0.05, 0) is 23.6 Å². The third-order valence-electron chi connectivity index (χ3n) is 3.64. The van der Waals surface area contributed by atoms with Crippen LogP contribution in [0.5, 0.6) is 0 Å². The minimum absolute atomic E-state index is 0.0647. The quantitative estimate of drug-likeness (QED) is 0.742. The fraction of sp³-hybridized carbons (Fsp3) is 0.533. The van der Waals surface area contributed by atoms with Crippen molar-refractivity contribution < 1.29 is 10.2 Å². The Morgan fingerprint density at radius 3 is 2.75 bits per heavy atom. The number of aryl methyl sites for hydroxylation is 1. The Kier molecular flexibility index (Phi) is 4.75. The van der Waals surface area contributed by atoms with Gasteiger partial charge in [0.25, 0.3) is 0 Å². The molecule has 5 nitrogen and oxygen atoms in total. The van der Waals surface area contributed by atoms with Crippen LogP contribution < -0.4 is 5.32 Å². The van der Waals surface area contributed by atoms with Gasteiger partial charge < -0.3 is 20.1 Å². The number of aliphatic hydroxyl groups excluding tert-OH is 2. The van der Waals surface area contributed by atoms with E-state index >= 15 is 0 Å². The molecule has 0 bridgehead atoms. The summed E-state index contributed by atoms with van der Waals surface area (Å²) in [5.41, 5.74) is 2.78. The standard InChI is InChI=1S/C15H23N3O2/c1-10(2)14(16-6-7-19)15(20)11-4-5-13-12(8-11)17-9-18(13)3/h4-5,8-10,14-16,19-20H,6-7H2,1-3H3. The van der Waals surface area contributed by atoms with Crippen LogP contribution >= 0.6 is 0 Å². The minimum atomic E-state index is -0.618. The van der Waals surface area contributed by atoms with Gasteiger partial charge in [0.1, 0.15) is 0 Å². The van der Waals surface area contributed by atoms with Crippen molar-refractivity contribution in [3.05, 3.63) is 30.1 Å². The Balaban J connectivity index is 2.25. The highest BCUT2D eigenvalue weighted by Crippen LogP contribution is 2.24. The topological polar surface area (TPSA) is 70.3 Å². The van der Waals surface area contributed by atoms with Crippen molar-refractivity contribution in [3.63, 3.8) is 0 Å². The number of benzene rings is 1. The number of hydrogen-bond donors (Lipinski definition) is 3. The van der Waals surface area contributed by atoms with Gasteiger partial charge in [0, 0.05) is 19.6 Å². The van der Waals surface area contributed by atoms with E-state index < -0.39 is 6.10 Å². The number of nitrogens with zero attached hydrogens (tertiary/aromatic N) is 2. The van der Waals surface area contributed by atoms with Gasteiger partial charge in [-0.25, -0.2) is 4.98 Å². The zero-order chi connectivity index (χ0) is 14.7. The average molecular weight is 277 g/mol. The molecule has 1 aromatic heterocycles. The molecule has 0 aliphatic carbocycles. The maximum Gasteiger partial charge on any atom is 0.0955 e. The van der Waals surface area contributed by atoms with Gasteiger partial charge in [0.05, 0.1) is 30.1 Å². The highest BCUT2D eigenvalue weighted by Gasteiger charge is 2.23. The zero-order valence-electron chi connectivity index (χ0n) is 12.2. The second-order valence-electron chi connectivity index (χ2n) is 5.50. The molecule has 2 unspecified atom stereocenters. The molecule has 0 spiro atoms. The molecule has 20 heavy (non-hydrogen) atoms.